The third-order valence-corrected chi connectivity index (χ3v) is 7.80. The average molecular weight is 460 g/mol. The quantitative estimate of drug-likeness (QED) is 0.681. The zero-order valence-electron chi connectivity index (χ0n) is 18.3. The molecule has 8 nitrogen and oxygen atoms in total. The molecule has 0 aliphatic carbocycles. The molecule has 0 bridgehead atoms. The highest BCUT2D eigenvalue weighted by Gasteiger charge is 2.28. The summed E-state index contributed by atoms with van der Waals surface area (Å²) in [5.41, 5.74) is 1.50. The van der Waals surface area contributed by atoms with Gasteiger partial charge >= 0.3 is 0 Å². The minimum Gasteiger partial charge on any atom is -0.497 e. The molecule has 0 saturated carbocycles. The number of rotatable bonds is 5. The molecule has 4 rings (SSSR count). The lowest BCUT2D eigenvalue weighted by Gasteiger charge is -2.26. The first-order valence-electron chi connectivity index (χ1n) is 10.9. The van der Waals surface area contributed by atoms with Crippen molar-refractivity contribution in [3.05, 3.63) is 54.1 Å². The van der Waals surface area contributed by atoms with E-state index in [1.165, 1.54) is 10.4 Å². The Morgan fingerprint density at radius 2 is 1.69 bits per heavy atom. The van der Waals surface area contributed by atoms with Gasteiger partial charge in [0.05, 0.1) is 25.2 Å². The molecule has 1 amide bonds. The van der Waals surface area contributed by atoms with Crippen molar-refractivity contribution in [2.45, 2.75) is 11.3 Å². The molecule has 0 unspecified atom stereocenters. The smallest absolute Gasteiger partial charge is 0.253 e. The second-order valence-electron chi connectivity index (χ2n) is 7.88. The standard InChI is InChI=1S/C23H29N3O5S/c1-30-21-8-6-20(7-9-21)24-10-3-11-25(13-12-24)23(27)19-4-2-5-22(18-19)32(28,29)26-14-16-31-17-15-26/h2,4-9,18H,3,10-17H2,1H3. The van der Waals surface area contributed by atoms with Crippen molar-refractivity contribution >= 4 is 21.6 Å². The Balaban J connectivity index is 1.45. The number of anilines is 1. The largest absolute Gasteiger partial charge is 0.497 e. The SMILES string of the molecule is COc1ccc(N2CCCN(C(=O)c3cccc(S(=O)(=O)N4CCOCC4)c3)CC2)cc1. The first-order valence-corrected chi connectivity index (χ1v) is 12.3. The van der Waals surface area contributed by atoms with Crippen LogP contribution in [0.1, 0.15) is 16.8 Å². The molecule has 2 aromatic carbocycles. The molecule has 32 heavy (non-hydrogen) atoms. The molecule has 0 N–H and O–H groups in total. The number of hydrogen-bond acceptors (Lipinski definition) is 6. The van der Waals surface area contributed by atoms with Crippen LogP contribution < -0.4 is 9.64 Å². The van der Waals surface area contributed by atoms with Gasteiger partial charge in [0.25, 0.3) is 5.91 Å². The van der Waals surface area contributed by atoms with E-state index in [9.17, 15) is 13.2 Å². The highest BCUT2D eigenvalue weighted by atomic mass is 32.2. The van der Waals surface area contributed by atoms with Crippen molar-refractivity contribution < 1.29 is 22.7 Å². The molecule has 2 aromatic rings. The van der Waals surface area contributed by atoms with E-state index >= 15 is 0 Å². The lowest BCUT2D eigenvalue weighted by atomic mass is 10.2. The third-order valence-electron chi connectivity index (χ3n) is 5.91. The normalized spacial score (nSPS) is 18.3. The van der Waals surface area contributed by atoms with Crippen molar-refractivity contribution in [3.63, 3.8) is 0 Å². The van der Waals surface area contributed by atoms with E-state index in [-0.39, 0.29) is 10.8 Å². The van der Waals surface area contributed by atoms with Gasteiger partial charge in [-0.3, -0.25) is 4.79 Å². The number of methoxy groups -OCH3 is 1. The number of amides is 1. The van der Waals surface area contributed by atoms with E-state index in [2.05, 4.69) is 4.90 Å². The second-order valence-corrected chi connectivity index (χ2v) is 9.81. The van der Waals surface area contributed by atoms with Gasteiger partial charge in [-0.2, -0.15) is 4.31 Å². The highest BCUT2D eigenvalue weighted by Crippen LogP contribution is 2.22. The molecular weight excluding hydrogens is 430 g/mol. The number of sulfonamides is 1. The molecule has 172 valence electrons. The van der Waals surface area contributed by atoms with E-state index in [1.54, 1.807) is 25.3 Å². The number of carbonyl (C=O) groups excluding carboxylic acids is 1. The van der Waals surface area contributed by atoms with E-state index < -0.39 is 10.0 Å². The van der Waals surface area contributed by atoms with Gasteiger partial charge < -0.3 is 19.3 Å². The molecule has 9 heteroatoms. The highest BCUT2D eigenvalue weighted by molar-refractivity contribution is 7.89. The van der Waals surface area contributed by atoms with Crippen molar-refractivity contribution in [2.75, 3.05) is 64.5 Å². The summed E-state index contributed by atoms with van der Waals surface area (Å²) in [5.74, 6) is 0.674. The maximum Gasteiger partial charge on any atom is 0.253 e. The number of benzene rings is 2. The maximum atomic E-state index is 13.2. The molecule has 2 fully saturated rings. The Hall–Kier alpha value is -2.62. The summed E-state index contributed by atoms with van der Waals surface area (Å²) in [6.07, 6.45) is 0.837. The van der Waals surface area contributed by atoms with Crippen LogP contribution in [-0.2, 0) is 14.8 Å². The summed E-state index contributed by atoms with van der Waals surface area (Å²) in [4.78, 5) is 17.4. The van der Waals surface area contributed by atoms with Crippen molar-refractivity contribution in [2.24, 2.45) is 0 Å². The molecule has 0 spiro atoms. The van der Waals surface area contributed by atoms with Crippen LogP contribution in [0.3, 0.4) is 0 Å². The topological polar surface area (TPSA) is 79.4 Å². The van der Waals surface area contributed by atoms with Crippen LogP contribution in [0.15, 0.2) is 53.4 Å². The second kappa shape index (κ2) is 9.89. The van der Waals surface area contributed by atoms with Gasteiger partial charge in [-0.25, -0.2) is 8.42 Å². The Morgan fingerprint density at radius 3 is 2.41 bits per heavy atom. The molecular formula is C23H29N3O5S. The minimum atomic E-state index is -3.64. The van der Waals surface area contributed by atoms with Crippen LogP contribution in [0.4, 0.5) is 5.69 Å². The predicted molar refractivity (Wildman–Crippen MR) is 122 cm³/mol. The van der Waals surface area contributed by atoms with Gasteiger partial charge in [-0.1, -0.05) is 6.07 Å². The molecule has 2 saturated heterocycles. The van der Waals surface area contributed by atoms with Crippen LogP contribution >= 0.6 is 0 Å². The number of ether oxygens (including phenoxy) is 2. The van der Waals surface area contributed by atoms with Gasteiger partial charge in [0.1, 0.15) is 5.75 Å². The molecule has 0 atom stereocenters. The fraction of sp³-hybridized carbons (Fsp3) is 0.435. The molecule has 2 heterocycles. The molecule has 2 aliphatic rings. The van der Waals surface area contributed by atoms with Crippen molar-refractivity contribution in [1.29, 1.82) is 0 Å². The van der Waals surface area contributed by atoms with Gasteiger partial charge in [0.15, 0.2) is 0 Å². The zero-order chi connectivity index (χ0) is 22.6. The molecule has 0 aromatic heterocycles. The fourth-order valence-corrected chi connectivity index (χ4v) is 5.53. The van der Waals surface area contributed by atoms with E-state index in [0.717, 1.165) is 24.4 Å². The monoisotopic (exact) mass is 459 g/mol. The summed E-state index contributed by atoms with van der Waals surface area (Å²) >= 11 is 0. The molecule has 0 radical (unpaired) electrons. The zero-order valence-corrected chi connectivity index (χ0v) is 19.1. The van der Waals surface area contributed by atoms with E-state index in [4.69, 9.17) is 9.47 Å². The predicted octanol–water partition coefficient (Wildman–Crippen LogP) is 2.07. The minimum absolute atomic E-state index is 0.138. The summed E-state index contributed by atoms with van der Waals surface area (Å²) in [6.45, 7) is 4.19. The van der Waals surface area contributed by atoms with Gasteiger partial charge in [-0.05, 0) is 48.9 Å². The lowest BCUT2D eigenvalue weighted by molar-refractivity contribution is 0.0730. The summed E-state index contributed by atoms with van der Waals surface area (Å²) in [6, 6.07) is 14.3. The molecule has 2 aliphatic heterocycles. The van der Waals surface area contributed by atoms with Crippen molar-refractivity contribution in [1.82, 2.24) is 9.21 Å². The first kappa shape index (κ1) is 22.6. The summed E-state index contributed by atoms with van der Waals surface area (Å²) in [5, 5.41) is 0. The fourth-order valence-electron chi connectivity index (χ4n) is 4.08. The van der Waals surface area contributed by atoms with Gasteiger partial charge in [0.2, 0.25) is 10.0 Å². The summed E-state index contributed by atoms with van der Waals surface area (Å²) < 4.78 is 37.8. The third kappa shape index (κ3) is 4.90. The summed E-state index contributed by atoms with van der Waals surface area (Å²) in [7, 11) is -2.00. The average Bonchev–Trinajstić information content (AvgIpc) is 3.11. The van der Waals surface area contributed by atoms with Gasteiger partial charge in [0, 0.05) is 50.5 Å². The Labute approximate surface area is 189 Å². The van der Waals surface area contributed by atoms with Gasteiger partial charge in [-0.15, -0.1) is 0 Å². The van der Waals surface area contributed by atoms with Crippen LogP contribution in [-0.4, -0.2) is 83.1 Å². The number of morpholine rings is 1. The Bertz CT molecular complexity index is 1040. The number of hydrogen-bond donors (Lipinski definition) is 0. The lowest BCUT2D eigenvalue weighted by Crippen LogP contribution is -2.40. The number of nitrogens with zero attached hydrogens (tertiary/aromatic N) is 3. The van der Waals surface area contributed by atoms with Crippen LogP contribution in [0, 0.1) is 0 Å². The number of carbonyl (C=O) groups is 1. The van der Waals surface area contributed by atoms with E-state index in [1.807, 2.05) is 29.2 Å². The van der Waals surface area contributed by atoms with E-state index in [0.29, 0.717) is 51.5 Å². The van der Waals surface area contributed by atoms with Crippen LogP contribution in [0.2, 0.25) is 0 Å². The first-order chi connectivity index (χ1) is 15.5. The van der Waals surface area contributed by atoms with Crippen LogP contribution in [0.25, 0.3) is 0 Å². The Morgan fingerprint density at radius 1 is 0.938 bits per heavy atom. The van der Waals surface area contributed by atoms with Crippen molar-refractivity contribution in [3.8, 4) is 5.75 Å². The van der Waals surface area contributed by atoms with Crippen LogP contribution in [0.5, 0.6) is 5.75 Å². The maximum absolute atomic E-state index is 13.2. The Kier molecular flexibility index (Phi) is 6.98.